The van der Waals surface area contributed by atoms with Crippen LogP contribution in [-0.4, -0.2) is 68.5 Å². The Morgan fingerprint density at radius 3 is 2.83 bits per heavy atom. The van der Waals surface area contributed by atoms with Gasteiger partial charge in [-0.1, -0.05) is 6.07 Å². The van der Waals surface area contributed by atoms with Crippen LogP contribution in [-0.2, 0) is 0 Å². The zero-order valence-corrected chi connectivity index (χ0v) is 14.1. The number of hydrogen-bond donors (Lipinski definition) is 1. The Bertz CT molecular complexity index is 765. The number of rotatable bonds is 3. The van der Waals surface area contributed by atoms with Gasteiger partial charge in [-0.2, -0.15) is 0 Å². The first-order valence-corrected chi connectivity index (χ1v) is 8.72. The molecular weight excluding hydrogens is 304 g/mol. The van der Waals surface area contributed by atoms with E-state index in [1.807, 2.05) is 29.7 Å². The van der Waals surface area contributed by atoms with Gasteiger partial charge in [0.05, 0.1) is 12.1 Å². The molecule has 1 atom stereocenters. The smallest absolute Gasteiger partial charge is 0.274 e. The van der Waals surface area contributed by atoms with Crippen LogP contribution in [0.25, 0.3) is 5.65 Å². The quantitative estimate of drug-likeness (QED) is 0.923. The number of carbonyl (C=O) groups is 1. The summed E-state index contributed by atoms with van der Waals surface area (Å²) in [6.07, 6.45) is 6.80. The maximum absolute atomic E-state index is 12.8. The molecule has 6 heteroatoms. The first-order chi connectivity index (χ1) is 11.5. The number of hydrogen-bond acceptors (Lipinski definition) is 4. The van der Waals surface area contributed by atoms with Crippen LogP contribution in [0.3, 0.4) is 0 Å². The molecule has 2 aliphatic rings. The van der Waals surface area contributed by atoms with E-state index in [0.29, 0.717) is 31.7 Å². The number of aryl methyl sites for hydroxylation is 1. The summed E-state index contributed by atoms with van der Waals surface area (Å²) in [5.41, 5.74) is 1.57. The number of amides is 1. The summed E-state index contributed by atoms with van der Waals surface area (Å²) >= 11 is 0. The van der Waals surface area contributed by atoms with Gasteiger partial charge in [0.15, 0.2) is 0 Å². The Kier molecular flexibility index (Phi) is 3.81. The van der Waals surface area contributed by atoms with E-state index >= 15 is 0 Å². The number of imidazole rings is 1. The number of likely N-dealkylation sites (tertiary alicyclic amines) is 2. The van der Waals surface area contributed by atoms with Crippen LogP contribution in [0.2, 0.25) is 0 Å². The normalized spacial score (nSPS) is 25.0. The number of β-amino-alcohol motifs (C(OH)–C–C–N with tert-alkyl or cyclic N) is 1. The Morgan fingerprint density at radius 1 is 1.25 bits per heavy atom. The summed E-state index contributed by atoms with van der Waals surface area (Å²) in [6.45, 7) is 5.79. The zero-order chi connectivity index (χ0) is 16.7. The Morgan fingerprint density at radius 2 is 2.04 bits per heavy atom. The number of nitrogens with zero attached hydrogens (tertiary/aromatic N) is 4. The molecule has 0 unspecified atom stereocenters. The third kappa shape index (κ3) is 2.91. The third-order valence-corrected chi connectivity index (χ3v) is 5.15. The summed E-state index contributed by atoms with van der Waals surface area (Å²) in [6, 6.07) is 3.90. The highest BCUT2D eigenvalue weighted by atomic mass is 16.3. The molecular formula is C18H24N4O2. The fourth-order valence-corrected chi connectivity index (χ4v) is 3.88. The maximum Gasteiger partial charge on any atom is 0.274 e. The van der Waals surface area contributed by atoms with Gasteiger partial charge >= 0.3 is 0 Å². The van der Waals surface area contributed by atoms with Crippen molar-refractivity contribution in [1.82, 2.24) is 19.2 Å². The van der Waals surface area contributed by atoms with Gasteiger partial charge in [0, 0.05) is 25.5 Å². The van der Waals surface area contributed by atoms with E-state index < -0.39 is 5.60 Å². The minimum Gasteiger partial charge on any atom is -0.387 e. The zero-order valence-electron chi connectivity index (χ0n) is 14.1. The number of pyridine rings is 1. The van der Waals surface area contributed by atoms with Gasteiger partial charge in [-0.3, -0.25) is 4.79 Å². The predicted molar refractivity (Wildman–Crippen MR) is 91.1 cm³/mol. The molecule has 2 aromatic rings. The highest BCUT2D eigenvalue weighted by molar-refractivity contribution is 5.93. The van der Waals surface area contributed by atoms with Crippen LogP contribution in [0.5, 0.6) is 0 Å². The lowest BCUT2D eigenvalue weighted by Gasteiger charge is -2.28. The van der Waals surface area contributed by atoms with E-state index in [0.717, 1.165) is 24.3 Å². The van der Waals surface area contributed by atoms with E-state index in [9.17, 15) is 9.90 Å². The predicted octanol–water partition coefficient (Wildman–Crippen LogP) is 1.32. The molecule has 4 heterocycles. The van der Waals surface area contributed by atoms with Crippen molar-refractivity contribution in [3.8, 4) is 0 Å². The maximum atomic E-state index is 12.8. The molecule has 2 saturated heterocycles. The molecule has 2 aromatic heterocycles. The third-order valence-electron chi connectivity index (χ3n) is 5.15. The van der Waals surface area contributed by atoms with Crippen LogP contribution in [0.4, 0.5) is 0 Å². The van der Waals surface area contributed by atoms with Gasteiger partial charge in [0.25, 0.3) is 5.91 Å². The standard InChI is InChI=1S/C18H24N4O2/c1-14-4-5-16-19-15(11-22(16)10-14)17(23)21-9-6-18(24,13-21)12-20-7-2-3-8-20/h4-5,10-11,24H,2-3,6-9,12-13H2,1H3/t18-/m0/s1. The lowest BCUT2D eigenvalue weighted by atomic mass is 10.0. The molecule has 0 radical (unpaired) electrons. The fourth-order valence-electron chi connectivity index (χ4n) is 3.88. The summed E-state index contributed by atoms with van der Waals surface area (Å²) in [5, 5.41) is 10.8. The molecule has 6 nitrogen and oxygen atoms in total. The summed E-state index contributed by atoms with van der Waals surface area (Å²) in [7, 11) is 0. The molecule has 0 bridgehead atoms. The van der Waals surface area contributed by atoms with E-state index in [1.54, 1.807) is 11.1 Å². The van der Waals surface area contributed by atoms with Gasteiger partial charge in [-0.25, -0.2) is 4.98 Å². The van der Waals surface area contributed by atoms with Crippen LogP contribution in [0.1, 0.15) is 35.3 Å². The van der Waals surface area contributed by atoms with Gasteiger partial charge in [0.1, 0.15) is 11.3 Å². The van der Waals surface area contributed by atoms with Crippen molar-refractivity contribution in [3.63, 3.8) is 0 Å². The minimum atomic E-state index is -0.782. The monoisotopic (exact) mass is 328 g/mol. The van der Waals surface area contributed by atoms with Crippen LogP contribution in [0, 0.1) is 6.92 Å². The highest BCUT2D eigenvalue weighted by Crippen LogP contribution is 2.25. The van der Waals surface area contributed by atoms with E-state index in [4.69, 9.17) is 0 Å². The van der Waals surface area contributed by atoms with Crippen molar-refractivity contribution in [2.45, 2.75) is 31.8 Å². The highest BCUT2D eigenvalue weighted by Gasteiger charge is 2.40. The lowest BCUT2D eigenvalue weighted by Crippen LogP contribution is -2.45. The second kappa shape index (κ2) is 5.86. The number of carbonyl (C=O) groups excluding carboxylic acids is 1. The second-order valence-electron chi connectivity index (χ2n) is 7.28. The van der Waals surface area contributed by atoms with Gasteiger partial charge < -0.3 is 19.3 Å². The molecule has 0 saturated carbocycles. The lowest BCUT2D eigenvalue weighted by molar-refractivity contribution is 0.0175. The summed E-state index contributed by atoms with van der Waals surface area (Å²) in [4.78, 5) is 21.2. The summed E-state index contributed by atoms with van der Waals surface area (Å²) < 4.78 is 1.88. The Balaban J connectivity index is 1.48. The Hall–Kier alpha value is -1.92. The molecule has 128 valence electrons. The SMILES string of the molecule is Cc1ccc2nc(C(=O)N3CC[C@](O)(CN4CCCC4)C3)cn2c1. The second-order valence-corrected chi connectivity index (χ2v) is 7.28. The van der Waals surface area contributed by atoms with Gasteiger partial charge in [-0.15, -0.1) is 0 Å². The molecule has 1 amide bonds. The van der Waals surface area contributed by atoms with Gasteiger partial charge in [-0.05, 0) is 50.9 Å². The van der Waals surface area contributed by atoms with Crippen molar-refractivity contribution < 1.29 is 9.90 Å². The van der Waals surface area contributed by atoms with Crippen LogP contribution < -0.4 is 0 Å². The molecule has 2 fully saturated rings. The van der Waals surface area contributed by atoms with E-state index in [-0.39, 0.29) is 5.91 Å². The number of aliphatic hydroxyl groups is 1. The largest absolute Gasteiger partial charge is 0.387 e. The van der Waals surface area contributed by atoms with Crippen molar-refractivity contribution in [2.24, 2.45) is 0 Å². The first-order valence-electron chi connectivity index (χ1n) is 8.72. The van der Waals surface area contributed by atoms with Crippen molar-refractivity contribution in [2.75, 3.05) is 32.7 Å². The van der Waals surface area contributed by atoms with E-state index in [1.165, 1.54) is 12.8 Å². The topological polar surface area (TPSA) is 61.1 Å². The summed E-state index contributed by atoms with van der Waals surface area (Å²) in [5.74, 6) is -0.0892. The van der Waals surface area contributed by atoms with E-state index in [2.05, 4.69) is 9.88 Å². The van der Waals surface area contributed by atoms with Crippen molar-refractivity contribution in [3.05, 3.63) is 35.8 Å². The number of fused-ring (bicyclic) bond motifs is 1. The average Bonchev–Trinajstić information content (AvgIpc) is 3.26. The van der Waals surface area contributed by atoms with Gasteiger partial charge in [0.2, 0.25) is 0 Å². The molecule has 2 aliphatic heterocycles. The first kappa shape index (κ1) is 15.6. The van der Waals surface area contributed by atoms with Crippen LogP contribution in [0.15, 0.2) is 24.5 Å². The molecule has 0 aliphatic carbocycles. The molecule has 1 N–H and O–H groups in total. The molecule has 24 heavy (non-hydrogen) atoms. The fraction of sp³-hybridized carbons (Fsp3) is 0.556. The van der Waals surface area contributed by atoms with Crippen molar-refractivity contribution in [1.29, 1.82) is 0 Å². The van der Waals surface area contributed by atoms with Crippen LogP contribution >= 0.6 is 0 Å². The minimum absolute atomic E-state index is 0.0892. The van der Waals surface area contributed by atoms with Crippen molar-refractivity contribution >= 4 is 11.6 Å². The number of aromatic nitrogens is 2. The molecule has 0 aromatic carbocycles. The average molecular weight is 328 g/mol. The molecule has 0 spiro atoms. The molecule has 4 rings (SSSR count). The Labute approximate surface area is 141 Å².